The molecule has 19 heavy (non-hydrogen) atoms. The van der Waals surface area contributed by atoms with Crippen LogP contribution in [-0.4, -0.2) is 23.0 Å². The molecule has 3 rings (SSSR count). The van der Waals surface area contributed by atoms with Gasteiger partial charge in [0.25, 0.3) is 0 Å². The van der Waals surface area contributed by atoms with Gasteiger partial charge in [-0.1, -0.05) is 0 Å². The van der Waals surface area contributed by atoms with Crippen LogP contribution in [0.3, 0.4) is 0 Å². The molecule has 0 aromatic heterocycles. The summed E-state index contributed by atoms with van der Waals surface area (Å²) in [5, 5.41) is 6.52. The number of nitrogens with zero attached hydrogens (tertiary/aromatic N) is 1. The third-order valence-electron chi connectivity index (χ3n) is 3.04. The van der Waals surface area contributed by atoms with Crippen LogP contribution >= 0.6 is 22.9 Å². The van der Waals surface area contributed by atoms with Gasteiger partial charge in [0.2, 0.25) is 0 Å². The van der Waals surface area contributed by atoms with Crippen molar-refractivity contribution >= 4 is 60.7 Å². The molecule has 0 bridgehead atoms. The predicted octanol–water partition coefficient (Wildman–Crippen LogP) is 0.945. The maximum atomic E-state index is 2.80. The van der Waals surface area contributed by atoms with Crippen molar-refractivity contribution in [2.75, 3.05) is 5.41 Å². The molecule has 4 heteroatoms. The summed E-state index contributed by atoms with van der Waals surface area (Å²) in [5.41, 5.74) is 0. The number of hydrogen-bond acceptors (Lipinski definition) is 1. The Kier molecular flexibility index (Phi) is 4.65. The van der Waals surface area contributed by atoms with Crippen LogP contribution in [0.1, 0.15) is 0 Å². The van der Waals surface area contributed by atoms with Crippen molar-refractivity contribution in [2.45, 2.75) is 0 Å². The Morgan fingerprint density at radius 1 is 0.947 bits per heavy atom. The maximum absolute atomic E-state index is 2.80. The zero-order valence-corrected chi connectivity index (χ0v) is 15.7. The predicted molar refractivity (Wildman–Crippen MR) is 86.6 cm³/mol. The van der Waals surface area contributed by atoms with Gasteiger partial charge in [-0.05, 0) is 0 Å². The van der Waals surface area contributed by atoms with Crippen molar-refractivity contribution in [1.82, 2.24) is 1.33 Å². The fourth-order valence-corrected chi connectivity index (χ4v) is 5.97. The Hall–Kier alpha value is 0.132. The molecule has 0 heterocycles. The van der Waals surface area contributed by atoms with Crippen LogP contribution in [0.15, 0.2) is 54.6 Å². The van der Waals surface area contributed by atoms with Gasteiger partial charge in [-0.2, -0.15) is 0 Å². The number of fused-ring (bicyclic) bond motifs is 3. The van der Waals surface area contributed by atoms with Gasteiger partial charge in [0.15, 0.2) is 0 Å². The first-order chi connectivity index (χ1) is 9.29. The molecule has 0 aliphatic rings. The number of benzene rings is 3. The van der Waals surface area contributed by atoms with Crippen LogP contribution in [0, 0.1) is 3.57 Å². The van der Waals surface area contributed by atoms with Gasteiger partial charge >= 0.3 is 147 Å². The Labute approximate surface area is 145 Å². The third kappa shape index (κ3) is 2.93. The molecule has 0 atom stereocenters. The number of hydrogen-bond donors (Lipinski definition) is 0. The Morgan fingerprint density at radius 2 is 1.68 bits per heavy atom. The van der Waals surface area contributed by atoms with E-state index in [-0.39, 0.29) is 21.5 Å². The standard InChI is InChI=1S/C15H11I2N.Al/c1-18(16)17-14-8-4-6-12-10-9-11-5-2-3-7-13(11)15(12)14;/h2-10H,1H2;/q-1;. The van der Waals surface area contributed by atoms with Crippen molar-refractivity contribution in [1.29, 1.82) is 0 Å². The molecule has 2 radical (unpaired) electrons. The summed E-state index contributed by atoms with van der Waals surface area (Å²) in [6.45, 7) is 0. The normalized spacial score (nSPS) is 11.7. The van der Waals surface area contributed by atoms with Gasteiger partial charge in [-0.3, -0.25) is 0 Å². The SMILES string of the molecule is [Al][CH2]N(I)[I-]c1cccc2ccc3ccccc3c12. The molecule has 1 nitrogen and oxygen atoms in total. The summed E-state index contributed by atoms with van der Waals surface area (Å²) >= 11 is 5.11. The van der Waals surface area contributed by atoms with Gasteiger partial charge in [-0.25, -0.2) is 0 Å². The van der Waals surface area contributed by atoms with Gasteiger partial charge in [0.1, 0.15) is 0 Å². The minimum absolute atomic E-state index is 0.114. The zero-order chi connectivity index (χ0) is 13.2. The number of halogens is 2. The Bertz CT molecular complexity index is 729. The molecular formula is C15H11AlI2N-. The first kappa shape index (κ1) is 14.1. The second-order valence-corrected chi connectivity index (χ2v) is 10.4. The molecule has 0 saturated heterocycles. The first-order valence-electron chi connectivity index (χ1n) is 5.98. The van der Waals surface area contributed by atoms with Crippen LogP contribution in [0.2, 0.25) is 0 Å². The summed E-state index contributed by atoms with van der Waals surface area (Å²) in [6.07, 6.45) is 0. The van der Waals surface area contributed by atoms with E-state index >= 15 is 0 Å². The summed E-state index contributed by atoms with van der Waals surface area (Å²) in [5.74, 6) is 0. The fourth-order valence-electron chi connectivity index (χ4n) is 2.22. The van der Waals surface area contributed by atoms with Crippen molar-refractivity contribution in [2.24, 2.45) is 0 Å². The average molecular weight is 486 g/mol. The molecular weight excluding hydrogens is 475 g/mol. The molecule has 3 aromatic rings. The molecule has 0 spiro atoms. The minimum atomic E-state index is -0.114. The van der Waals surface area contributed by atoms with E-state index in [4.69, 9.17) is 0 Å². The molecule has 0 fully saturated rings. The van der Waals surface area contributed by atoms with Crippen LogP contribution in [0.5, 0.6) is 0 Å². The molecule has 94 valence electrons. The van der Waals surface area contributed by atoms with Gasteiger partial charge < -0.3 is 0 Å². The van der Waals surface area contributed by atoms with Crippen molar-refractivity contribution in [3.8, 4) is 0 Å². The average Bonchev–Trinajstić information content (AvgIpc) is 2.47. The summed E-state index contributed by atoms with van der Waals surface area (Å²) in [7, 11) is 0. The van der Waals surface area contributed by atoms with Crippen LogP contribution in [-0.2, 0) is 0 Å². The molecule has 3 aromatic carbocycles. The number of rotatable bonds is 3. The van der Waals surface area contributed by atoms with Crippen molar-refractivity contribution < 1.29 is 21.5 Å². The monoisotopic (exact) mass is 486 g/mol. The van der Waals surface area contributed by atoms with E-state index in [1.54, 1.807) is 0 Å². The van der Waals surface area contributed by atoms with E-state index in [0.717, 1.165) is 5.41 Å². The molecule has 0 amide bonds. The van der Waals surface area contributed by atoms with E-state index in [0.29, 0.717) is 0 Å². The Balaban J connectivity index is 2.29. The zero-order valence-electron chi connectivity index (χ0n) is 10.2. The third-order valence-corrected chi connectivity index (χ3v) is 8.84. The van der Waals surface area contributed by atoms with Crippen LogP contribution in [0.4, 0.5) is 0 Å². The summed E-state index contributed by atoms with van der Waals surface area (Å²) in [6, 6.07) is 19.8. The van der Waals surface area contributed by atoms with Crippen molar-refractivity contribution in [3.63, 3.8) is 0 Å². The fraction of sp³-hybridized carbons (Fsp3) is 0.0667. The molecule has 0 N–H and O–H groups in total. The van der Waals surface area contributed by atoms with Gasteiger partial charge in [0.05, 0.1) is 0 Å². The molecule has 0 aliphatic heterocycles. The summed E-state index contributed by atoms with van der Waals surface area (Å²) < 4.78 is 3.89. The van der Waals surface area contributed by atoms with E-state index in [2.05, 4.69) is 95.1 Å². The Morgan fingerprint density at radius 3 is 2.53 bits per heavy atom. The van der Waals surface area contributed by atoms with Gasteiger partial charge in [-0.15, -0.1) is 0 Å². The van der Waals surface area contributed by atoms with E-state index in [1.807, 2.05) is 0 Å². The van der Waals surface area contributed by atoms with Crippen LogP contribution in [0.25, 0.3) is 21.5 Å². The first-order valence-corrected chi connectivity index (χ1v) is 9.81. The van der Waals surface area contributed by atoms with E-state index in [9.17, 15) is 0 Å². The molecule has 0 unspecified atom stereocenters. The molecule has 0 saturated carbocycles. The second kappa shape index (κ2) is 6.27. The van der Waals surface area contributed by atoms with Crippen LogP contribution < -0.4 is 21.5 Å². The second-order valence-electron chi connectivity index (χ2n) is 4.19. The van der Waals surface area contributed by atoms with Gasteiger partial charge in [0, 0.05) is 0 Å². The quantitative estimate of drug-likeness (QED) is 0.231. The summed E-state index contributed by atoms with van der Waals surface area (Å²) in [4.78, 5) is 0. The van der Waals surface area contributed by atoms with E-state index < -0.39 is 0 Å². The van der Waals surface area contributed by atoms with E-state index in [1.165, 1.54) is 25.1 Å². The topological polar surface area (TPSA) is 3.24 Å². The molecule has 0 aliphatic carbocycles. The van der Waals surface area contributed by atoms with Crippen molar-refractivity contribution in [3.05, 3.63) is 58.2 Å².